The van der Waals surface area contributed by atoms with Gasteiger partial charge in [-0.05, 0) is 73.2 Å². The van der Waals surface area contributed by atoms with Crippen molar-refractivity contribution in [3.8, 4) is 5.82 Å². The minimum Gasteiger partial charge on any atom is -0.352 e. The summed E-state index contributed by atoms with van der Waals surface area (Å²) in [7, 11) is 0. The topological polar surface area (TPSA) is 75.1 Å². The molecule has 1 aromatic carbocycles. The number of nitrogens with one attached hydrogen (secondary N) is 2. The molecule has 1 saturated heterocycles. The largest absolute Gasteiger partial charge is 0.352 e. The highest BCUT2D eigenvalue weighted by atomic mass is 32.1. The molecule has 1 aliphatic rings. The van der Waals surface area contributed by atoms with Crippen LogP contribution in [-0.2, 0) is 4.79 Å². The molecule has 4 aromatic rings. The maximum absolute atomic E-state index is 12.8. The molecular weight excluding hydrogens is 456 g/mol. The van der Waals surface area contributed by atoms with Crippen molar-refractivity contribution in [1.29, 1.82) is 0 Å². The summed E-state index contributed by atoms with van der Waals surface area (Å²) in [6, 6.07) is 23.2. The van der Waals surface area contributed by atoms with Gasteiger partial charge in [-0.1, -0.05) is 24.3 Å². The van der Waals surface area contributed by atoms with E-state index in [1.54, 1.807) is 12.4 Å². The van der Waals surface area contributed by atoms with E-state index in [9.17, 15) is 4.79 Å². The Morgan fingerprint density at radius 3 is 2.60 bits per heavy atom. The Hall–Kier alpha value is -4.04. The number of hydrogen-bond acceptors (Lipinski definition) is 4. The standard InChI is InChI=1S/C27H26N6OS/c1-19-8-6-9-20(18-19)30-24(34)13-17-33-26(25(31-27(33)35)21-10-2-4-14-28-21)22-11-7-16-32(22)23-12-3-5-15-29-23/h2-12,14-16,18,25-26H,13,17H2,1H3,(H,30,34)(H,31,35)/t25-,26+/m1/s1. The van der Waals surface area contributed by atoms with Gasteiger partial charge >= 0.3 is 0 Å². The average Bonchev–Trinajstić information content (AvgIpc) is 3.48. The highest BCUT2D eigenvalue weighted by molar-refractivity contribution is 7.80. The van der Waals surface area contributed by atoms with Crippen LogP contribution in [0, 0.1) is 6.92 Å². The number of hydrogen-bond donors (Lipinski definition) is 2. The maximum Gasteiger partial charge on any atom is 0.226 e. The van der Waals surface area contributed by atoms with Crippen LogP contribution in [0.2, 0.25) is 0 Å². The molecular formula is C27H26N6OS. The Labute approximate surface area is 209 Å². The molecule has 0 radical (unpaired) electrons. The molecule has 3 aromatic heterocycles. The Morgan fingerprint density at radius 2 is 1.86 bits per heavy atom. The lowest BCUT2D eigenvalue weighted by Gasteiger charge is -2.28. The van der Waals surface area contributed by atoms with Crippen LogP contribution in [0.25, 0.3) is 5.82 Å². The first-order valence-electron chi connectivity index (χ1n) is 11.5. The minimum atomic E-state index is -0.166. The number of amides is 1. The van der Waals surface area contributed by atoms with Crippen molar-refractivity contribution in [2.24, 2.45) is 0 Å². The van der Waals surface area contributed by atoms with E-state index in [4.69, 9.17) is 12.2 Å². The maximum atomic E-state index is 12.8. The average molecular weight is 483 g/mol. The Bertz CT molecular complexity index is 1320. The second-order valence-corrected chi connectivity index (χ2v) is 8.87. The lowest BCUT2D eigenvalue weighted by atomic mass is 10.0. The van der Waals surface area contributed by atoms with E-state index in [1.807, 2.05) is 79.9 Å². The third kappa shape index (κ3) is 4.93. The van der Waals surface area contributed by atoms with Gasteiger partial charge in [-0.25, -0.2) is 4.98 Å². The summed E-state index contributed by atoms with van der Waals surface area (Å²) in [6.45, 7) is 2.47. The molecule has 5 rings (SSSR count). The first kappa shape index (κ1) is 22.7. The fourth-order valence-corrected chi connectivity index (χ4v) is 4.81. The van der Waals surface area contributed by atoms with E-state index in [1.165, 1.54) is 0 Å². The number of aryl methyl sites for hydroxylation is 1. The number of carbonyl (C=O) groups excluding carboxylic acids is 1. The van der Waals surface area contributed by atoms with Gasteiger partial charge in [0, 0.05) is 42.9 Å². The number of aromatic nitrogens is 3. The van der Waals surface area contributed by atoms with Crippen LogP contribution < -0.4 is 10.6 Å². The first-order chi connectivity index (χ1) is 17.1. The molecule has 1 aliphatic heterocycles. The smallest absolute Gasteiger partial charge is 0.226 e. The van der Waals surface area contributed by atoms with Crippen LogP contribution in [0.5, 0.6) is 0 Å². The molecule has 1 fully saturated rings. The molecule has 2 atom stereocenters. The molecule has 0 bridgehead atoms. The van der Waals surface area contributed by atoms with E-state index in [2.05, 4.69) is 36.1 Å². The number of rotatable bonds is 7. The Morgan fingerprint density at radius 1 is 1.03 bits per heavy atom. The van der Waals surface area contributed by atoms with Gasteiger partial charge in [0.15, 0.2) is 5.11 Å². The summed E-state index contributed by atoms with van der Waals surface area (Å²) in [5, 5.41) is 7.04. The van der Waals surface area contributed by atoms with Gasteiger partial charge in [-0.2, -0.15) is 0 Å². The summed E-state index contributed by atoms with van der Waals surface area (Å²) in [4.78, 5) is 24.0. The van der Waals surface area contributed by atoms with Crippen LogP contribution in [-0.4, -0.2) is 37.0 Å². The van der Waals surface area contributed by atoms with Gasteiger partial charge in [0.1, 0.15) is 5.82 Å². The zero-order chi connectivity index (χ0) is 24.2. The van der Waals surface area contributed by atoms with Gasteiger partial charge in [-0.3, -0.25) is 9.78 Å². The SMILES string of the molecule is Cc1cccc(NC(=O)CCN2C(=S)N[C@H](c3ccccn3)[C@@H]2c2cccn2-c2ccccn2)c1. The summed E-state index contributed by atoms with van der Waals surface area (Å²) in [6.07, 6.45) is 5.86. The second-order valence-electron chi connectivity index (χ2n) is 8.48. The molecule has 0 saturated carbocycles. The van der Waals surface area contributed by atoms with Crippen LogP contribution in [0.1, 0.15) is 35.5 Å². The van der Waals surface area contributed by atoms with Crippen LogP contribution in [0.4, 0.5) is 5.69 Å². The van der Waals surface area contributed by atoms with Crippen LogP contribution >= 0.6 is 12.2 Å². The molecule has 8 heteroatoms. The number of pyridine rings is 2. The van der Waals surface area contributed by atoms with Gasteiger partial charge in [-0.15, -0.1) is 0 Å². The zero-order valence-electron chi connectivity index (χ0n) is 19.3. The number of anilines is 1. The van der Waals surface area contributed by atoms with Crippen LogP contribution in [0.3, 0.4) is 0 Å². The molecule has 2 N–H and O–H groups in total. The van der Waals surface area contributed by atoms with Crippen molar-refractivity contribution >= 4 is 28.9 Å². The van der Waals surface area contributed by atoms with Crippen molar-refractivity contribution in [1.82, 2.24) is 24.8 Å². The molecule has 4 heterocycles. The van der Waals surface area contributed by atoms with E-state index < -0.39 is 0 Å². The predicted octanol–water partition coefficient (Wildman–Crippen LogP) is 4.58. The lowest BCUT2D eigenvalue weighted by molar-refractivity contribution is -0.116. The van der Waals surface area contributed by atoms with Crippen molar-refractivity contribution in [3.05, 3.63) is 108 Å². The number of benzene rings is 1. The summed E-state index contributed by atoms with van der Waals surface area (Å²) in [5.41, 5.74) is 3.80. The molecule has 35 heavy (non-hydrogen) atoms. The van der Waals surface area contributed by atoms with Crippen molar-refractivity contribution in [3.63, 3.8) is 0 Å². The van der Waals surface area contributed by atoms with Gasteiger partial charge in [0.25, 0.3) is 0 Å². The summed E-state index contributed by atoms with van der Waals surface area (Å²) < 4.78 is 2.07. The van der Waals surface area contributed by atoms with Crippen molar-refractivity contribution in [2.45, 2.75) is 25.4 Å². The summed E-state index contributed by atoms with van der Waals surface area (Å²) in [5.74, 6) is 0.765. The second kappa shape index (κ2) is 10.1. The lowest BCUT2D eigenvalue weighted by Crippen LogP contribution is -2.33. The molecule has 0 unspecified atom stereocenters. The number of nitrogens with zero attached hydrogens (tertiary/aromatic N) is 4. The van der Waals surface area contributed by atoms with Gasteiger partial charge in [0.2, 0.25) is 5.91 Å². The molecule has 0 aliphatic carbocycles. The first-order valence-corrected chi connectivity index (χ1v) is 11.9. The molecule has 0 spiro atoms. The minimum absolute atomic E-state index is 0.0569. The quantitative estimate of drug-likeness (QED) is 0.376. The summed E-state index contributed by atoms with van der Waals surface area (Å²) >= 11 is 5.76. The van der Waals surface area contributed by atoms with Gasteiger partial charge in [0.05, 0.1) is 17.8 Å². The fraction of sp³-hybridized carbons (Fsp3) is 0.185. The molecule has 1 amide bonds. The third-order valence-electron chi connectivity index (χ3n) is 6.06. The monoisotopic (exact) mass is 482 g/mol. The van der Waals surface area contributed by atoms with Gasteiger partial charge < -0.3 is 20.1 Å². The van der Waals surface area contributed by atoms with Crippen molar-refractivity contribution < 1.29 is 4.79 Å². The highest BCUT2D eigenvalue weighted by Crippen LogP contribution is 2.39. The Balaban J connectivity index is 1.43. The van der Waals surface area contributed by atoms with E-state index in [0.717, 1.165) is 28.5 Å². The normalized spacial score (nSPS) is 17.3. The third-order valence-corrected chi connectivity index (χ3v) is 6.41. The highest BCUT2D eigenvalue weighted by Gasteiger charge is 2.41. The predicted molar refractivity (Wildman–Crippen MR) is 140 cm³/mol. The van der Waals surface area contributed by atoms with Crippen molar-refractivity contribution in [2.75, 3.05) is 11.9 Å². The van der Waals surface area contributed by atoms with E-state index in [-0.39, 0.29) is 18.0 Å². The molecule has 176 valence electrons. The number of thiocarbonyl (C=S) groups is 1. The molecule has 7 nitrogen and oxygen atoms in total. The van der Waals surface area contributed by atoms with Crippen LogP contribution in [0.15, 0.2) is 91.4 Å². The van der Waals surface area contributed by atoms with E-state index >= 15 is 0 Å². The number of carbonyl (C=O) groups is 1. The Kier molecular flexibility index (Phi) is 6.54. The van der Waals surface area contributed by atoms with E-state index in [0.29, 0.717) is 18.1 Å². The zero-order valence-corrected chi connectivity index (χ0v) is 20.2. The fourth-order valence-electron chi connectivity index (χ4n) is 4.48.